The number of hydrogen-bond donors (Lipinski definition) is 0. The number of aromatic nitrogens is 1. The molecule has 1 aromatic heterocycles. The van der Waals surface area contributed by atoms with Crippen LogP contribution in [0.5, 0.6) is 0 Å². The van der Waals surface area contributed by atoms with Gasteiger partial charge in [0.15, 0.2) is 0 Å². The summed E-state index contributed by atoms with van der Waals surface area (Å²) in [6.45, 7) is 0. The molecule has 0 aliphatic carbocycles. The SMILES string of the molecule is N#Cc1c(-c2ccccc2)ccnc1/C=C/c1ccc(C=O)cc1C(F)(F)F. The van der Waals surface area contributed by atoms with Crippen molar-refractivity contribution in [3.05, 3.63) is 88.7 Å². The van der Waals surface area contributed by atoms with Crippen LogP contribution in [0.3, 0.4) is 0 Å². The molecule has 0 saturated carbocycles. The average molecular weight is 378 g/mol. The number of aldehydes is 1. The highest BCUT2D eigenvalue weighted by Gasteiger charge is 2.33. The van der Waals surface area contributed by atoms with Gasteiger partial charge >= 0.3 is 6.18 Å². The molecule has 28 heavy (non-hydrogen) atoms. The standard InChI is InChI=1S/C22H13F3N2O/c23-22(24,25)20-12-15(14-28)6-7-17(20)8-9-21-19(13-26)18(10-11-27-21)16-4-2-1-3-5-16/h1-12,14H/b9-8+. The molecule has 2 aromatic carbocycles. The van der Waals surface area contributed by atoms with Crippen molar-refractivity contribution in [2.24, 2.45) is 0 Å². The Balaban J connectivity index is 2.07. The van der Waals surface area contributed by atoms with Crippen molar-refractivity contribution < 1.29 is 18.0 Å². The maximum atomic E-state index is 13.3. The summed E-state index contributed by atoms with van der Waals surface area (Å²) < 4.78 is 39.9. The van der Waals surface area contributed by atoms with Gasteiger partial charge in [0.2, 0.25) is 0 Å². The molecule has 3 aromatic rings. The highest BCUT2D eigenvalue weighted by atomic mass is 19.4. The molecule has 0 fully saturated rings. The van der Waals surface area contributed by atoms with Crippen LogP contribution in [0.15, 0.2) is 60.8 Å². The highest BCUT2D eigenvalue weighted by molar-refractivity contribution is 5.81. The molecule has 0 bridgehead atoms. The van der Waals surface area contributed by atoms with Gasteiger partial charge in [-0.3, -0.25) is 9.78 Å². The van der Waals surface area contributed by atoms with E-state index in [2.05, 4.69) is 11.1 Å². The number of halogens is 3. The Kier molecular flexibility index (Phi) is 5.37. The molecule has 0 radical (unpaired) electrons. The van der Waals surface area contributed by atoms with Gasteiger partial charge < -0.3 is 0 Å². The zero-order valence-electron chi connectivity index (χ0n) is 14.4. The molecule has 0 saturated heterocycles. The molecule has 0 aliphatic heterocycles. The van der Waals surface area contributed by atoms with Crippen molar-refractivity contribution in [1.82, 2.24) is 4.98 Å². The fourth-order valence-electron chi connectivity index (χ4n) is 2.79. The van der Waals surface area contributed by atoms with Crippen LogP contribution in [-0.4, -0.2) is 11.3 Å². The highest BCUT2D eigenvalue weighted by Crippen LogP contribution is 2.34. The Labute approximate surface area is 159 Å². The lowest BCUT2D eigenvalue weighted by Crippen LogP contribution is -2.08. The van der Waals surface area contributed by atoms with Crippen LogP contribution in [0.25, 0.3) is 23.3 Å². The van der Waals surface area contributed by atoms with Crippen molar-refractivity contribution in [1.29, 1.82) is 5.26 Å². The number of carbonyl (C=O) groups excluding carboxylic acids is 1. The molecule has 0 N–H and O–H groups in total. The third kappa shape index (κ3) is 3.99. The van der Waals surface area contributed by atoms with E-state index in [1.165, 1.54) is 30.5 Å². The molecular formula is C22H13F3N2O. The van der Waals surface area contributed by atoms with Crippen molar-refractivity contribution in [2.75, 3.05) is 0 Å². The number of rotatable bonds is 4. The normalized spacial score (nSPS) is 11.4. The van der Waals surface area contributed by atoms with Gasteiger partial charge in [-0.05, 0) is 29.3 Å². The van der Waals surface area contributed by atoms with E-state index in [-0.39, 0.29) is 22.4 Å². The summed E-state index contributed by atoms with van der Waals surface area (Å²) in [4.78, 5) is 14.9. The summed E-state index contributed by atoms with van der Waals surface area (Å²) in [6, 6.07) is 16.3. The lowest BCUT2D eigenvalue weighted by molar-refractivity contribution is -0.137. The van der Waals surface area contributed by atoms with E-state index in [4.69, 9.17) is 0 Å². The second kappa shape index (κ2) is 7.89. The molecule has 0 aliphatic rings. The van der Waals surface area contributed by atoms with Gasteiger partial charge in [0.05, 0.1) is 16.8 Å². The van der Waals surface area contributed by atoms with E-state index in [1.54, 1.807) is 6.07 Å². The Morgan fingerprint density at radius 3 is 2.39 bits per heavy atom. The summed E-state index contributed by atoms with van der Waals surface area (Å²) >= 11 is 0. The first kappa shape index (κ1) is 19.1. The summed E-state index contributed by atoms with van der Waals surface area (Å²) in [7, 11) is 0. The van der Waals surface area contributed by atoms with Crippen molar-refractivity contribution in [3.63, 3.8) is 0 Å². The number of alkyl halides is 3. The number of hydrogen-bond acceptors (Lipinski definition) is 3. The third-order valence-electron chi connectivity index (χ3n) is 4.12. The van der Waals surface area contributed by atoms with Crippen molar-refractivity contribution in [3.8, 4) is 17.2 Å². The predicted molar refractivity (Wildman–Crippen MR) is 100 cm³/mol. The van der Waals surface area contributed by atoms with E-state index in [1.807, 2.05) is 30.3 Å². The maximum absolute atomic E-state index is 13.3. The Hall–Kier alpha value is -3.72. The monoisotopic (exact) mass is 378 g/mol. The summed E-state index contributed by atoms with van der Waals surface area (Å²) in [6.07, 6.45) is -0.133. The second-order valence-corrected chi connectivity index (χ2v) is 5.89. The summed E-state index contributed by atoms with van der Waals surface area (Å²) in [5.74, 6) is 0. The third-order valence-corrected chi connectivity index (χ3v) is 4.12. The molecule has 0 unspecified atom stereocenters. The molecular weight excluding hydrogens is 365 g/mol. The van der Waals surface area contributed by atoms with E-state index in [9.17, 15) is 23.2 Å². The first-order valence-corrected chi connectivity index (χ1v) is 8.23. The van der Waals surface area contributed by atoms with E-state index in [0.29, 0.717) is 11.8 Å². The molecule has 0 spiro atoms. The quantitative estimate of drug-likeness (QED) is 0.554. The van der Waals surface area contributed by atoms with E-state index >= 15 is 0 Å². The molecule has 138 valence electrons. The topological polar surface area (TPSA) is 53.8 Å². The smallest absolute Gasteiger partial charge is 0.298 e. The zero-order chi connectivity index (χ0) is 20.1. The average Bonchev–Trinajstić information content (AvgIpc) is 2.71. The molecule has 6 heteroatoms. The van der Waals surface area contributed by atoms with Crippen molar-refractivity contribution >= 4 is 18.4 Å². The number of nitrogens with zero attached hydrogens (tertiary/aromatic N) is 2. The van der Waals surface area contributed by atoms with Crippen LogP contribution in [-0.2, 0) is 6.18 Å². The summed E-state index contributed by atoms with van der Waals surface area (Å²) in [5, 5.41) is 9.57. The molecule has 3 rings (SSSR count). The van der Waals surface area contributed by atoms with Gasteiger partial charge in [-0.25, -0.2) is 0 Å². The fourth-order valence-corrected chi connectivity index (χ4v) is 2.79. The molecule has 0 atom stereocenters. The minimum absolute atomic E-state index is 0.0635. The predicted octanol–water partition coefficient (Wildman–Crippen LogP) is 5.62. The second-order valence-electron chi connectivity index (χ2n) is 5.89. The number of nitriles is 1. The van der Waals surface area contributed by atoms with Crippen LogP contribution < -0.4 is 0 Å². The maximum Gasteiger partial charge on any atom is 0.417 e. The van der Waals surface area contributed by atoms with Gasteiger partial charge in [-0.15, -0.1) is 0 Å². The first-order chi connectivity index (χ1) is 13.4. The minimum Gasteiger partial charge on any atom is -0.298 e. The Morgan fingerprint density at radius 1 is 1.00 bits per heavy atom. The number of carbonyl (C=O) groups is 1. The van der Waals surface area contributed by atoms with Gasteiger partial charge in [0, 0.05) is 17.3 Å². The van der Waals surface area contributed by atoms with Crippen LogP contribution in [0.2, 0.25) is 0 Å². The lowest BCUT2D eigenvalue weighted by Gasteiger charge is -2.11. The first-order valence-electron chi connectivity index (χ1n) is 8.23. The van der Waals surface area contributed by atoms with Gasteiger partial charge in [0.25, 0.3) is 0 Å². The van der Waals surface area contributed by atoms with Crippen LogP contribution >= 0.6 is 0 Å². The minimum atomic E-state index is -4.62. The van der Waals surface area contributed by atoms with Crippen molar-refractivity contribution in [2.45, 2.75) is 6.18 Å². The van der Waals surface area contributed by atoms with E-state index < -0.39 is 11.7 Å². The number of benzene rings is 2. The fraction of sp³-hybridized carbons (Fsp3) is 0.0455. The van der Waals surface area contributed by atoms with Gasteiger partial charge in [-0.1, -0.05) is 48.5 Å². The van der Waals surface area contributed by atoms with Crippen LogP contribution in [0, 0.1) is 11.3 Å². The number of pyridine rings is 1. The molecule has 3 nitrogen and oxygen atoms in total. The Morgan fingerprint density at radius 2 is 1.75 bits per heavy atom. The summed E-state index contributed by atoms with van der Waals surface area (Å²) in [5.41, 5.74) is 0.873. The van der Waals surface area contributed by atoms with E-state index in [0.717, 1.165) is 11.6 Å². The van der Waals surface area contributed by atoms with Gasteiger partial charge in [0.1, 0.15) is 12.4 Å². The van der Waals surface area contributed by atoms with Crippen LogP contribution in [0.4, 0.5) is 13.2 Å². The molecule has 1 heterocycles. The molecule has 0 amide bonds. The van der Waals surface area contributed by atoms with Gasteiger partial charge in [-0.2, -0.15) is 18.4 Å². The zero-order valence-corrected chi connectivity index (χ0v) is 14.4. The Bertz CT molecular complexity index is 1080. The lowest BCUT2D eigenvalue weighted by atomic mass is 9.98. The van der Waals surface area contributed by atoms with Crippen LogP contribution in [0.1, 0.15) is 32.7 Å². The largest absolute Gasteiger partial charge is 0.417 e.